The van der Waals surface area contributed by atoms with Crippen LogP contribution in [-0.4, -0.2) is 45.1 Å². The normalized spacial score (nSPS) is 16.0. The Morgan fingerprint density at radius 1 is 1.26 bits per heavy atom. The van der Waals surface area contributed by atoms with Crippen molar-refractivity contribution in [2.24, 2.45) is 0 Å². The van der Waals surface area contributed by atoms with Crippen LogP contribution in [0, 0.1) is 0 Å². The lowest BCUT2D eigenvalue weighted by Gasteiger charge is -2.26. The molecule has 0 bridgehead atoms. The monoisotopic (exact) mass is 420 g/mol. The molecule has 4 heterocycles. The van der Waals surface area contributed by atoms with E-state index in [9.17, 15) is 9.18 Å². The smallest absolute Gasteiger partial charge is 0.256 e. The summed E-state index contributed by atoms with van der Waals surface area (Å²) in [5.74, 6) is 1.11. The van der Waals surface area contributed by atoms with Gasteiger partial charge in [-0.2, -0.15) is 14.0 Å². The number of carbonyl (C=O) groups is 1. The molecule has 1 saturated carbocycles. The summed E-state index contributed by atoms with van der Waals surface area (Å²) in [5.41, 5.74) is 1.58. The first kappa shape index (κ1) is 19.0. The van der Waals surface area contributed by atoms with E-state index in [0.29, 0.717) is 28.7 Å². The lowest BCUT2D eigenvalue weighted by molar-refractivity contribution is 0.0952. The van der Waals surface area contributed by atoms with E-state index < -0.39 is 5.95 Å². The molecule has 0 unspecified atom stereocenters. The highest BCUT2D eigenvalue weighted by Crippen LogP contribution is 2.25. The van der Waals surface area contributed by atoms with Crippen LogP contribution in [-0.2, 0) is 0 Å². The van der Waals surface area contributed by atoms with Gasteiger partial charge in [0.05, 0.1) is 12.7 Å². The minimum absolute atomic E-state index is 0.188. The van der Waals surface area contributed by atoms with Crippen LogP contribution < -0.4 is 20.9 Å². The number of anilines is 3. The van der Waals surface area contributed by atoms with Gasteiger partial charge in [0.25, 0.3) is 5.91 Å². The van der Waals surface area contributed by atoms with Crippen molar-refractivity contribution < 1.29 is 9.18 Å². The quantitative estimate of drug-likeness (QED) is 0.527. The predicted molar refractivity (Wildman–Crippen MR) is 116 cm³/mol. The van der Waals surface area contributed by atoms with E-state index >= 15 is 0 Å². The van der Waals surface area contributed by atoms with Crippen LogP contribution >= 0.6 is 0 Å². The first-order chi connectivity index (χ1) is 15.1. The minimum Gasteiger partial charge on any atom is -0.373 e. The van der Waals surface area contributed by atoms with Crippen molar-refractivity contribution in [3.05, 3.63) is 66.0 Å². The zero-order chi connectivity index (χ0) is 21.4. The van der Waals surface area contributed by atoms with Crippen LogP contribution in [0.1, 0.15) is 23.2 Å². The highest BCUT2D eigenvalue weighted by molar-refractivity contribution is 6.00. The summed E-state index contributed by atoms with van der Waals surface area (Å²) in [5, 5.41) is 13.6. The average Bonchev–Trinajstić information content (AvgIpc) is 3.50. The van der Waals surface area contributed by atoms with Gasteiger partial charge in [-0.1, -0.05) is 6.07 Å². The lowest BCUT2D eigenvalue weighted by Crippen LogP contribution is -2.29. The number of allylic oxidation sites excluding steroid dienone is 2. The fourth-order valence-electron chi connectivity index (χ4n) is 3.36. The molecule has 158 valence electrons. The molecule has 1 fully saturated rings. The van der Waals surface area contributed by atoms with Crippen LogP contribution in [0.15, 0.2) is 60.5 Å². The Morgan fingerprint density at radius 3 is 2.87 bits per heavy atom. The van der Waals surface area contributed by atoms with Crippen molar-refractivity contribution in [1.29, 1.82) is 0 Å². The maximum atomic E-state index is 14.4. The number of pyridine rings is 1. The van der Waals surface area contributed by atoms with Gasteiger partial charge in [-0.25, -0.2) is 9.97 Å². The molecule has 0 atom stereocenters. The van der Waals surface area contributed by atoms with Crippen molar-refractivity contribution in [3.63, 3.8) is 0 Å². The molecule has 0 saturated heterocycles. The van der Waals surface area contributed by atoms with Crippen LogP contribution in [0.3, 0.4) is 0 Å². The molecule has 3 N–H and O–H groups in total. The van der Waals surface area contributed by atoms with Crippen molar-refractivity contribution in [1.82, 2.24) is 24.9 Å². The molecule has 9 nitrogen and oxygen atoms in total. The van der Waals surface area contributed by atoms with Crippen molar-refractivity contribution in [2.75, 3.05) is 29.1 Å². The second kappa shape index (κ2) is 7.71. The molecular formula is C21H21FN8O. The Hall–Kier alpha value is -3.95. The zero-order valence-corrected chi connectivity index (χ0v) is 16.8. The minimum atomic E-state index is -0.390. The third-order valence-corrected chi connectivity index (χ3v) is 5.11. The Labute approximate surface area is 177 Å². The molecule has 0 radical (unpaired) electrons. The Kier molecular flexibility index (Phi) is 4.73. The molecule has 5 rings (SSSR count). The number of halogens is 1. The van der Waals surface area contributed by atoms with Gasteiger partial charge < -0.3 is 16.0 Å². The maximum absolute atomic E-state index is 14.4. The zero-order valence-electron chi connectivity index (χ0n) is 16.8. The van der Waals surface area contributed by atoms with Crippen LogP contribution in [0.4, 0.5) is 21.8 Å². The number of hydrogen-bond donors (Lipinski definition) is 3. The molecule has 0 spiro atoms. The molecule has 1 aliphatic heterocycles. The van der Waals surface area contributed by atoms with Gasteiger partial charge in [0.15, 0.2) is 11.6 Å². The van der Waals surface area contributed by atoms with Crippen molar-refractivity contribution >= 4 is 29.0 Å². The van der Waals surface area contributed by atoms with Crippen LogP contribution in [0.25, 0.3) is 5.65 Å². The molecule has 10 heteroatoms. The van der Waals surface area contributed by atoms with E-state index in [1.807, 2.05) is 6.07 Å². The molecule has 3 aromatic heterocycles. The summed E-state index contributed by atoms with van der Waals surface area (Å²) >= 11 is 0. The summed E-state index contributed by atoms with van der Waals surface area (Å²) in [6, 6.07) is 7.35. The number of nitrogens with zero attached hydrogens (tertiary/aromatic N) is 5. The number of amides is 1. The maximum Gasteiger partial charge on any atom is 0.256 e. The first-order valence-electron chi connectivity index (χ1n) is 10.0. The summed E-state index contributed by atoms with van der Waals surface area (Å²) in [4.78, 5) is 22.9. The van der Waals surface area contributed by atoms with Gasteiger partial charge in [-0.3, -0.25) is 9.69 Å². The molecule has 31 heavy (non-hydrogen) atoms. The molecule has 3 aromatic rings. The SMILES string of the molecule is CNc1cc(NC2=CC=C(F)N(c3ccccn3)C2)nc2c(C(=O)NC3CC3)cnn12. The third kappa shape index (κ3) is 3.79. The summed E-state index contributed by atoms with van der Waals surface area (Å²) in [7, 11) is 1.77. The van der Waals surface area contributed by atoms with Gasteiger partial charge in [0, 0.05) is 31.0 Å². The molecule has 0 aromatic carbocycles. The second-order valence-corrected chi connectivity index (χ2v) is 7.40. The van der Waals surface area contributed by atoms with Gasteiger partial charge in [0.1, 0.15) is 23.0 Å². The highest BCUT2D eigenvalue weighted by Gasteiger charge is 2.26. The van der Waals surface area contributed by atoms with Gasteiger partial charge in [0.2, 0.25) is 0 Å². The lowest BCUT2D eigenvalue weighted by atomic mass is 10.2. The summed E-state index contributed by atoms with van der Waals surface area (Å²) in [6.07, 6.45) is 8.18. The number of carbonyl (C=O) groups excluding carboxylic acids is 1. The van der Waals surface area contributed by atoms with Crippen molar-refractivity contribution in [2.45, 2.75) is 18.9 Å². The molecule has 1 aliphatic carbocycles. The Balaban J connectivity index is 1.44. The number of aromatic nitrogens is 4. The van der Waals surface area contributed by atoms with Gasteiger partial charge in [-0.05, 0) is 37.1 Å². The van der Waals surface area contributed by atoms with Crippen LogP contribution in [0.5, 0.6) is 0 Å². The number of rotatable bonds is 6. The first-order valence-corrected chi connectivity index (χ1v) is 10.0. The van der Waals surface area contributed by atoms with Crippen molar-refractivity contribution in [3.8, 4) is 0 Å². The molecular weight excluding hydrogens is 399 g/mol. The largest absolute Gasteiger partial charge is 0.373 e. The fourth-order valence-corrected chi connectivity index (χ4v) is 3.36. The predicted octanol–water partition coefficient (Wildman–Crippen LogP) is 2.69. The fraction of sp³-hybridized carbons (Fsp3) is 0.238. The summed E-state index contributed by atoms with van der Waals surface area (Å²) < 4.78 is 16.0. The van der Waals surface area contributed by atoms with Gasteiger partial charge in [-0.15, -0.1) is 0 Å². The van der Waals surface area contributed by atoms with E-state index in [0.717, 1.165) is 18.5 Å². The second-order valence-electron chi connectivity index (χ2n) is 7.40. The van der Waals surface area contributed by atoms with Crippen LogP contribution in [0.2, 0.25) is 0 Å². The summed E-state index contributed by atoms with van der Waals surface area (Å²) in [6.45, 7) is 0.259. The topological polar surface area (TPSA) is 99.5 Å². The number of nitrogens with one attached hydrogen (secondary N) is 3. The Morgan fingerprint density at radius 2 is 2.13 bits per heavy atom. The Bertz CT molecular complexity index is 1200. The highest BCUT2D eigenvalue weighted by atomic mass is 19.1. The standard InChI is InChI=1S/C21H21FN8O/c1-23-19-10-17(28-20-15(11-25-30(19)20)21(31)27-13-5-6-13)26-14-7-8-16(22)29(12-14)18-4-2-3-9-24-18/h2-4,7-11,13,23H,5-6,12H2,1H3,(H,26,28)(H,27,31). The van der Waals surface area contributed by atoms with E-state index in [2.05, 4.69) is 31.0 Å². The van der Waals surface area contributed by atoms with E-state index in [1.54, 1.807) is 42.0 Å². The number of fused-ring (bicyclic) bond motifs is 1. The van der Waals surface area contributed by atoms with E-state index in [1.165, 1.54) is 17.2 Å². The van der Waals surface area contributed by atoms with E-state index in [-0.39, 0.29) is 18.5 Å². The number of hydrogen-bond acceptors (Lipinski definition) is 7. The van der Waals surface area contributed by atoms with Gasteiger partial charge >= 0.3 is 0 Å². The third-order valence-electron chi connectivity index (χ3n) is 5.11. The average molecular weight is 420 g/mol. The van der Waals surface area contributed by atoms with E-state index in [4.69, 9.17) is 0 Å². The molecule has 2 aliphatic rings. The molecule has 1 amide bonds.